The Hall–Kier alpha value is -2.62. The summed E-state index contributed by atoms with van der Waals surface area (Å²) in [5, 5.41) is 4.65. The first-order chi connectivity index (χ1) is 13.9. The van der Waals surface area contributed by atoms with Gasteiger partial charge in [-0.15, -0.1) is 0 Å². The Bertz CT molecular complexity index is 961. The second-order valence-electron chi connectivity index (χ2n) is 7.91. The van der Waals surface area contributed by atoms with Crippen LogP contribution in [0.5, 0.6) is 5.75 Å². The molecule has 0 N–H and O–H groups in total. The molecule has 3 rings (SSSR count). The fourth-order valence-corrected chi connectivity index (χ4v) is 3.81. The van der Waals surface area contributed by atoms with Gasteiger partial charge >= 0.3 is 0 Å². The number of ether oxygens (including phenoxy) is 1. The van der Waals surface area contributed by atoms with Crippen molar-refractivity contribution in [3.63, 3.8) is 0 Å². The summed E-state index contributed by atoms with van der Waals surface area (Å²) in [6.07, 6.45) is 5.34. The van der Waals surface area contributed by atoms with Gasteiger partial charge in [0.2, 0.25) is 0 Å². The first-order valence-electron chi connectivity index (χ1n) is 10.6. The Morgan fingerprint density at radius 3 is 2.45 bits per heavy atom. The molecule has 3 nitrogen and oxygen atoms in total. The summed E-state index contributed by atoms with van der Waals surface area (Å²) in [4.78, 5) is 0. The van der Waals surface area contributed by atoms with Crippen LogP contribution in [0.4, 0.5) is 4.39 Å². The van der Waals surface area contributed by atoms with Gasteiger partial charge in [-0.25, -0.2) is 9.07 Å². The summed E-state index contributed by atoms with van der Waals surface area (Å²) in [5.74, 6) is 0.727. The molecule has 0 saturated heterocycles. The highest BCUT2D eigenvalue weighted by atomic mass is 19.1. The maximum absolute atomic E-state index is 14.3. The molecule has 0 amide bonds. The van der Waals surface area contributed by atoms with Crippen molar-refractivity contribution in [1.82, 2.24) is 9.78 Å². The van der Waals surface area contributed by atoms with Gasteiger partial charge in [-0.1, -0.05) is 32.4 Å². The topological polar surface area (TPSA) is 27.1 Å². The minimum Gasteiger partial charge on any atom is -0.491 e. The molecule has 3 aromatic rings. The molecule has 0 aliphatic heterocycles. The quantitative estimate of drug-likeness (QED) is 0.408. The molecule has 29 heavy (non-hydrogen) atoms. The zero-order chi connectivity index (χ0) is 21.0. The fraction of sp³-hybridized carbons (Fsp3) is 0.400. The van der Waals surface area contributed by atoms with Crippen LogP contribution in [0.1, 0.15) is 64.1 Å². The normalized spacial score (nSPS) is 12.4. The van der Waals surface area contributed by atoms with Crippen LogP contribution in [-0.2, 0) is 0 Å². The summed E-state index contributed by atoms with van der Waals surface area (Å²) in [6, 6.07) is 13.3. The number of halogens is 1. The number of benzene rings is 2. The minimum absolute atomic E-state index is 0.00556. The van der Waals surface area contributed by atoms with Crippen molar-refractivity contribution in [3.05, 3.63) is 65.7 Å². The molecule has 4 heteroatoms. The van der Waals surface area contributed by atoms with E-state index >= 15 is 0 Å². The van der Waals surface area contributed by atoms with E-state index in [2.05, 4.69) is 37.1 Å². The summed E-state index contributed by atoms with van der Waals surface area (Å²) in [7, 11) is 0. The predicted molar refractivity (Wildman–Crippen MR) is 117 cm³/mol. The Balaban J connectivity index is 2.11. The van der Waals surface area contributed by atoms with Crippen molar-refractivity contribution >= 4 is 0 Å². The first kappa shape index (κ1) is 21.1. The van der Waals surface area contributed by atoms with E-state index in [0.717, 1.165) is 41.8 Å². The van der Waals surface area contributed by atoms with Crippen molar-refractivity contribution in [3.8, 4) is 22.6 Å². The summed E-state index contributed by atoms with van der Waals surface area (Å²) >= 11 is 0. The van der Waals surface area contributed by atoms with Crippen LogP contribution in [-0.4, -0.2) is 15.9 Å². The molecule has 1 heterocycles. The second-order valence-corrected chi connectivity index (χ2v) is 7.91. The van der Waals surface area contributed by atoms with Gasteiger partial charge in [0.25, 0.3) is 0 Å². The smallest absolute Gasteiger partial charge is 0.127 e. The molecule has 2 aromatic carbocycles. The molecule has 0 fully saturated rings. The standard InChI is InChI=1S/C25H31FN2O/c1-6-8-19(7-2)24-10-9-20(15-25(24)28-12-11-18(5)27-28)21-13-22(26)16-23(14-21)29-17(3)4/h9-17,19H,6-8H2,1-5H3. The lowest BCUT2D eigenvalue weighted by atomic mass is 9.89. The third kappa shape index (κ3) is 5.06. The molecule has 0 spiro atoms. The lowest BCUT2D eigenvalue weighted by Crippen LogP contribution is -2.07. The van der Waals surface area contributed by atoms with E-state index in [1.807, 2.05) is 43.8 Å². The Kier molecular flexibility index (Phi) is 6.73. The number of aryl methyl sites for hydroxylation is 1. The molecule has 0 bridgehead atoms. The number of hydrogen-bond donors (Lipinski definition) is 0. The van der Waals surface area contributed by atoms with Gasteiger partial charge in [0.15, 0.2) is 0 Å². The van der Waals surface area contributed by atoms with Crippen LogP contribution in [0.2, 0.25) is 0 Å². The molecule has 1 unspecified atom stereocenters. The van der Waals surface area contributed by atoms with Crippen LogP contribution in [0, 0.1) is 12.7 Å². The van der Waals surface area contributed by atoms with Gasteiger partial charge in [0.1, 0.15) is 11.6 Å². The zero-order valence-electron chi connectivity index (χ0n) is 18.1. The molecule has 0 saturated carbocycles. The molecule has 1 aromatic heterocycles. The van der Waals surface area contributed by atoms with Crippen molar-refractivity contribution in [2.75, 3.05) is 0 Å². The van der Waals surface area contributed by atoms with Crippen LogP contribution < -0.4 is 4.74 Å². The van der Waals surface area contributed by atoms with Gasteiger partial charge in [0, 0.05) is 12.3 Å². The minimum atomic E-state index is -0.295. The highest BCUT2D eigenvalue weighted by molar-refractivity contribution is 5.69. The summed E-state index contributed by atoms with van der Waals surface area (Å²) in [5.41, 5.74) is 5.09. The molecule has 0 aliphatic carbocycles. The Labute approximate surface area is 173 Å². The van der Waals surface area contributed by atoms with E-state index in [1.165, 1.54) is 11.6 Å². The predicted octanol–water partition coefficient (Wildman–Crippen LogP) is 7.07. The number of aromatic nitrogens is 2. The van der Waals surface area contributed by atoms with Crippen molar-refractivity contribution < 1.29 is 9.13 Å². The average molecular weight is 395 g/mol. The van der Waals surface area contributed by atoms with Crippen molar-refractivity contribution in [2.45, 2.75) is 65.9 Å². The number of hydrogen-bond acceptors (Lipinski definition) is 2. The second kappa shape index (κ2) is 9.25. The van der Waals surface area contributed by atoms with Gasteiger partial charge in [-0.05, 0) is 80.5 Å². The average Bonchev–Trinajstić information content (AvgIpc) is 3.11. The van der Waals surface area contributed by atoms with Gasteiger partial charge < -0.3 is 4.74 Å². The van der Waals surface area contributed by atoms with Crippen LogP contribution in [0.3, 0.4) is 0 Å². The van der Waals surface area contributed by atoms with E-state index in [0.29, 0.717) is 11.7 Å². The van der Waals surface area contributed by atoms with Gasteiger partial charge in [-0.2, -0.15) is 5.10 Å². The highest BCUT2D eigenvalue weighted by Gasteiger charge is 2.17. The van der Waals surface area contributed by atoms with E-state index in [4.69, 9.17) is 4.74 Å². The van der Waals surface area contributed by atoms with Crippen LogP contribution in [0.15, 0.2) is 48.7 Å². The Morgan fingerprint density at radius 1 is 1.03 bits per heavy atom. The maximum Gasteiger partial charge on any atom is 0.127 e. The Morgan fingerprint density at radius 2 is 1.83 bits per heavy atom. The molecule has 154 valence electrons. The number of rotatable bonds is 8. The summed E-state index contributed by atoms with van der Waals surface area (Å²) < 4.78 is 21.9. The van der Waals surface area contributed by atoms with Crippen LogP contribution in [0.25, 0.3) is 16.8 Å². The SMILES string of the molecule is CCCC(CC)c1ccc(-c2cc(F)cc(OC(C)C)c2)cc1-n1ccc(C)n1. The van der Waals surface area contributed by atoms with E-state index < -0.39 is 0 Å². The van der Waals surface area contributed by atoms with E-state index in [9.17, 15) is 4.39 Å². The molecule has 0 aliphatic rings. The van der Waals surface area contributed by atoms with Gasteiger partial charge in [0.05, 0.1) is 17.5 Å². The molecular formula is C25H31FN2O. The molecular weight excluding hydrogens is 363 g/mol. The zero-order valence-corrected chi connectivity index (χ0v) is 18.1. The fourth-order valence-electron chi connectivity index (χ4n) is 3.81. The van der Waals surface area contributed by atoms with Crippen molar-refractivity contribution in [2.24, 2.45) is 0 Å². The first-order valence-corrected chi connectivity index (χ1v) is 10.6. The largest absolute Gasteiger partial charge is 0.491 e. The molecule has 0 radical (unpaired) electrons. The van der Waals surface area contributed by atoms with E-state index in [1.54, 1.807) is 6.07 Å². The lowest BCUT2D eigenvalue weighted by molar-refractivity contribution is 0.241. The van der Waals surface area contributed by atoms with E-state index in [-0.39, 0.29) is 11.9 Å². The maximum atomic E-state index is 14.3. The van der Waals surface area contributed by atoms with Crippen LogP contribution >= 0.6 is 0 Å². The number of nitrogens with zero attached hydrogens (tertiary/aromatic N) is 2. The highest BCUT2D eigenvalue weighted by Crippen LogP contribution is 2.34. The van der Waals surface area contributed by atoms with Gasteiger partial charge in [-0.3, -0.25) is 0 Å². The third-order valence-corrected chi connectivity index (χ3v) is 5.15. The lowest BCUT2D eigenvalue weighted by Gasteiger charge is -2.20. The molecule has 1 atom stereocenters. The monoisotopic (exact) mass is 394 g/mol. The van der Waals surface area contributed by atoms with Crippen molar-refractivity contribution in [1.29, 1.82) is 0 Å². The third-order valence-electron chi connectivity index (χ3n) is 5.15. The summed E-state index contributed by atoms with van der Waals surface area (Å²) in [6.45, 7) is 10.3.